The molecule has 1 aromatic carbocycles. The smallest absolute Gasteiger partial charge is 0.254 e. The lowest BCUT2D eigenvalue weighted by molar-refractivity contribution is 0.0781. The molecular weight excluding hydrogens is 397 g/mol. The quantitative estimate of drug-likeness (QED) is 0.600. The van der Waals surface area contributed by atoms with E-state index in [2.05, 4.69) is 15.0 Å². The number of hydrogen-bond acceptors (Lipinski definition) is 6. The van der Waals surface area contributed by atoms with Gasteiger partial charge in [-0.1, -0.05) is 0 Å². The van der Waals surface area contributed by atoms with Crippen molar-refractivity contribution in [3.8, 4) is 11.3 Å². The maximum absolute atomic E-state index is 14.3. The lowest BCUT2D eigenvalue weighted by atomic mass is 9.91. The molecule has 160 valence electrons. The van der Waals surface area contributed by atoms with Crippen LogP contribution in [0.5, 0.6) is 0 Å². The largest absolute Gasteiger partial charge is 0.381 e. The number of carbonyl (C=O) groups is 1. The average molecular weight is 421 g/mol. The number of carbonyl (C=O) groups excluding carboxylic acids is 1. The van der Waals surface area contributed by atoms with Crippen molar-refractivity contribution in [2.75, 3.05) is 24.2 Å². The Kier molecular flexibility index (Phi) is 4.60. The molecule has 0 spiro atoms. The fourth-order valence-corrected chi connectivity index (χ4v) is 4.61. The van der Waals surface area contributed by atoms with Crippen molar-refractivity contribution in [3.05, 3.63) is 53.2 Å². The summed E-state index contributed by atoms with van der Waals surface area (Å²) in [5, 5.41) is 4.54. The first-order valence-electron chi connectivity index (χ1n) is 10.4. The third kappa shape index (κ3) is 3.30. The maximum Gasteiger partial charge on any atom is 0.254 e. The van der Waals surface area contributed by atoms with Crippen LogP contribution in [0.4, 0.5) is 16.0 Å². The van der Waals surface area contributed by atoms with Gasteiger partial charge in [0.15, 0.2) is 11.6 Å². The maximum atomic E-state index is 14.3. The van der Waals surface area contributed by atoms with Crippen molar-refractivity contribution in [3.63, 3.8) is 0 Å². The van der Waals surface area contributed by atoms with E-state index in [4.69, 9.17) is 10.7 Å². The summed E-state index contributed by atoms with van der Waals surface area (Å²) in [6.07, 6.45) is 6.22. The number of benzene rings is 1. The van der Waals surface area contributed by atoms with Crippen LogP contribution in [0.1, 0.15) is 46.9 Å². The second-order valence-electron chi connectivity index (χ2n) is 8.22. The Morgan fingerprint density at radius 2 is 2.03 bits per heavy atom. The van der Waals surface area contributed by atoms with E-state index < -0.39 is 0 Å². The SMILES string of the molecule is CN1Cc2nn(C)cc2-c2cnc(N)c(n2)N2CCCC[C@@H]2c2cc(F)ccc2C1=O. The first-order valence-corrected chi connectivity index (χ1v) is 10.4. The molecule has 8 nitrogen and oxygen atoms in total. The summed E-state index contributed by atoms with van der Waals surface area (Å²) in [6.45, 7) is 0.995. The van der Waals surface area contributed by atoms with Crippen molar-refractivity contribution in [2.24, 2.45) is 7.05 Å². The van der Waals surface area contributed by atoms with E-state index in [1.165, 1.54) is 12.1 Å². The molecule has 4 heterocycles. The lowest BCUT2D eigenvalue weighted by Crippen LogP contribution is -2.37. The van der Waals surface area contributed by atoms with E-state index in [-0.39, 0.29) is 17.8 Å². The molecule has 0 unspecified atom stereocenters. The molecule has 2 N–H and O–H groups in total. The molecule has 9 heteroatoms. The van der Waals surface area contributed by atoms with Gasteiger partial charge in [0.1, 0.15) is 5.82 Å². The molecular formula is C22H24FN7O. The van der Waals surface area contributed by atoms with Gasteiger partial charge in [0.25, 0.3) is 5.91 Å². The van der Waals surface area contributed by atoms with Gasteiger partial charge in [0.05, 0.1) is 30.2 Å². The minimum absolute atomic E-state index is 0.166. The topological polar surface area (TPSA) is 93.2 Å². The standard InChI is InChI=1S/C22H24FN7O/c1-28-12-18-16(11-29(2)27-18)17-10-25-20(24)21(26-17)30-8-4-3-5-19(30)15-9-13(23)6-7-14(15)22(28)31/h6-7,9-11,19H,3-5,8,12H2,1-2H3,(H2,24,25)/t19-/m1/s1. The van der Waals surface area contributed by atoms with Crippen molar-refractivity contribution in [1.82, 2.24) is 24.6 Å². The highest BCUT2D eigenvalue weighted by Crippen LogP contribution is 2.39. The molecule has 0 aliphatic carbocycles. The number of halogens is 1. The number of aromatic nitrogens is 4. The van der Waals surface area contributed by atoms with Crippen LogP contribution in [0.3, 0.4) is 0 Å². The van der Waals surface area contributed by atoms with Crippen LogP contribution in [-0.2, 0) is 13.6 Å². The van der Waals surface area contributed by atoms with Gasteiger partial charge in [0, 0.05) is 38.0 Å². The van der Waals surface area contributed by atoms with Crippen LogP contribution in [0, 0.1) is 5.82 Å². The monoisotopic (exact) mass is 421 g/mol. The Labute approximate surface area is 179 Å². The molecule has 2 aromatic heterocycles. The normalized spacial score (nSPS) is 18.5. The highest BCUT2D eigenvalue weighted by molar-refractivity contribution is 5.96. The number of fused-ring (bicyclic) bond motifs is 8. The van der Waals surface area contributed by atoms with Crippen LogP contribution in [0.15, 0.2) is 30.6 Å². The van der Waals surface area contributed by atoms with Gasteiger partial charge >= 0.3 is 0 Å². The fraction of sp³-hybridized carbons (Fsp3) is 0.364. The number of aryl methyl sites for hydroxylation is 1. The first-order chi connectivity index (χ1) is 14.9. The highest BCUT2D eigenvalue weighted by Gasteiger charge is 2.32. The van der Waals surface area contributed by atoms with Crippen LogP contribution in [0.25, 0.3) is 11.3 Å². The number of nitrogen functional groups attached to an aromatic ring is 1. The van der Waals surface area contributed by atoms with Gasteiger partial charge in [-0.25, -0.2) is 14.4 Å². The number of rotatable bonds is 0. The number of hydrogen-bond donors (Lipinski definition) is 1. The van der Waals surface area contributed by atoms with E-state index in [1.807, 2.05) is 13.2 Å². The van der Waals surface area contributed by atoms with E-state index in [9.17, 15) is 9.18 Å². The predicted molar refractivity (Wildman–Crippen MR) is 115 cm³/mol. The highest BCUT2D eigenvalue weighted by atomic mass is 19.1. The Morgan fingerprint density at radius 3 is 2.87 bits per heavy atom. The van der Waals surface area contributed by atoms with Crippen LogP contribution in [-0.4, -0.2) is 44.1 Å². The zero-order valence-corrected chi connectivity index (χ0v) is 17.5. The van der Waals surface area contributed by atoms with Gasteiger partial charge in [-0.15, -0.1) is 0 Å². The summed E-state index contributed by atoms with van der Waals surface area (Å²) in [5.74, 6) is 0.347. The van der Waals surface area contributed by atoms with Crippen molar-refractivity contribution < 1.29 is 9.18 Å². The Hall–Kier alpha value is -3.49. The van der Waals surface area contributed by atoms with Gasteiger partial charge < -0.3 is 15.5 Å². The van der Waals surface area contributed by atoms with E-state index in [0.29, 0.717) is 47.2 Å². The van der Waals surface area contributed by atoms with Crippen molar-refractivity contribution in [1.29, 1.82) is 0 Å². The third-order valence-electron chi connectivity index (χ3n) is 6.07. The van der Waals surface area contributed by atoms with E-state index in [1.54, 1.807) is 28.9 Å². The number of nitrogens with zero attached hydrogens (tertiary/aromatic N) is 6. The summed E-state index contributed by atoms with van der Waals surface area (Å²) in [4.78, 5) is 26.4. The molecule has 2 aliphatic heterocycles. The molecule has 1 amide bonds. The third-order valence-corrected chi connectivity index (χ3v) is 6.07. The molecule has 1 saturated heterocycles. The lowest BCUT2D eigenvalue weighted by Gasteiger charge is -2.38. The minimum atomic E-state index is -0.369. The molecule has 3 aromatic rings. The molecule has 31 heavy (non-hydrogen) atoms. The Balaban J connectivity index is 1.78. The Morgan fingerprint density at radius 1 is 1.19 bits per heavy atom. The van der Waals surface area contributed by atoms with Crippen molar-refractivity contribution >= 4 is 17.5 Å². The average Bonchev–Trinajstić information content (AvgIpc) is 3.13. The van der Waals surface area contributed by atoms with Crippen molar-refractivity contribution in [2.45, 2.75) is 31.8 Å². The molecule has 0 radical (unpaired) electrons. The van der Waals surface area contributed by atoms with E-state index in [0.717, 1.165) is 24.8 Å². The first kappa shape index (κ1) is 19.5. The summed E-state index contributed by atoms with van der Waals surface area (Å²) < 4.78 is 16.0. The molecule has 2 bridgehead atoms. The number of anilines is 2. The van der Waals surface area contributed by atoms with Gasteiger partial charge in [-0.2, -0.15) is 5.10 Å². The summed E-state index contributed by atoms with van der Waals surface area (Å²) >= 11 is 0. The molecule has 5 rings (SSSR count). The number of amides is 1. The molecule has 2 aliphatic rings. The van der Waals surface area contributed by atoms with Crippen LogP contribution >= 0.6 is 0 Å². The molecule has 1 atom stereocenters. The van der Waals surface area contributed by atoms with Crippen LogP contribution in [0.2, 0.25) is 0 Å². The fourth-order valence-electron chi connectivity index (χ4n) is 4.61. The number of nitrogens with two attached hydrogens (primary N) is 1. The summed E-state index contributed by atoms with van der Waals surface area (Å²) in [7, 11) is 3.57. The van der Waals surface area contributed by atoms with Gasteiger partial charge in [-0.3, -0.25) is 9.48 Å². The number of piperidine rings is 1. The predicted octanol–water partition coefficient (Wildman–Crippen LogP) is 2.92. The molecule has 0 saturated carbocycles. The zero-order chi connectivity index (χ0) is 21.7. The van der Waals surface area contributed by atoms with E-state index >= 15 is 0 Å². The minimum Gasteiger partial charge on any atom is -0.381 e. The van der Waals surface area contributed by atoms with Gasteiger partial charge in [0.2, 0.25) is 0 Å². The Bertz CT molecular complexity index is 1170. The molecule has 1 fully saturated rings. The second-order valence-corrected chi connectivity index (χ2v) is 8.22. The van der Waals surface area contributed by atoms with Gasteiger partial charge in [-0.05, 0) is 43.0 Å². The summed E-state index contributed by atoms with van der Waals surface area (Å²) in [5.41, 5.74) is 9.58. The summed E-state index contributed by atoms with van der Waals surface area (Å²) in [6, 6.07) is 4.17. The second kappa shape index (κ2) is 7.33. The van der Waals surface area contributed by atoms with Crippen LogP contribution < -0.4 is 10.6 Å². The zero-order valence-electron chi connectivity index (χ0n) is 17.5.